The van der Waals surface area contributed by atoms with Gasteiger partial charge in [-0.2, -0.15) is 0 Å². The fourth-order valence-corrected chi connectivity index (χ4v) is 3.54. The minimum atomic E-state index is -0.755. The summed E-state index contributed by atoms with van der Waals surface area (Å²) in [7, 11) is 1.60. The van der Waals surface area contributed by atoms with Crippen LogP contribution in [0.2, 0.25) is 0 Å². The van der Waals surface area contributed by atoms with Crippen molar-refractivity contribution in [3.05, 3.63) is 72.3 Å². The van der Waals surface area contributed by atoms with E-state index in [4.69, 9.17) is 4.74 Å². The van der Waals surface area contributed by atoms with Gasteiger partial charge in [0.15, 0.2) is 0 Å². The highest BCUT2D eigenvalue weighted by Gasteiger charge is 2.25. The average Bonchev–Trinajstić information content (AvgIpc) is 3.27. The van der Waals surface area contributed by atoms with Crippen LogP contribution in [0.4, 0.5) is 5.69 Å². The molecule has 0 bridgehead atoms. The summed E-state index contributed by atoms with van der Waals surface area (Å²) in [5.41, 5.74) is 1.91. The summed E-state index contributed by atoms with van der Waals surface area (Å²) >= 11 is 0. The van der Waals surface area contributed by atoms with Crippen LogP contribution >= 0.6 is 0 Å². The first-order chi connectivity index (χ1) is 14.6. The molecule has 156 valence electrons. The number of carbonyl (C=O) groups is 1. The quantitative estimate of drug-likeness (QED) is 0.673. The van der Waals surface area contributed by atoms with E-state index in [-0.39, 0.29) is 18.3 Å². The number of nitrogens with zero attached hydrogens (tertiary/aromatic N) is 5. The molecule has 2 heterocycles. The van der Waals surface area contributed by atoms with Gasteiger partial charge in [0.2, 0.25) is 5.82 Å². The first kappa shape index (κ1) is 19.9. The summed E-state index contributed by atoms with van der Waals surface area (Å²) in [6.45, 7) is 3.00. The van der Waals surface area contributed by atoms with Crippen LogP contribution in [0.25, 0.3) is 0 Å². The van der Waals surface area contributed by atoms with Crippen LogP contribution in [0.15, 0.2) is 60.9 Å². The summed E-state index contributed by atoms with van der Waals surface area (Å²) in [5, 5.41) is 14.7. The Balaban J connectivity index is 1.33. The lowest BCUT2D eigenvalue weighted by Crippen LogP contribution is -2.49. The van der Waals surface area contributed by atoms with Crippen molar-refractivity contribution in [2.45, 2.75) is 12.6 Å². The molecule has 1 fully saturated rings. The van der Waals surface area contributed by atoms with E-state index < -0.39 is 6.10 Å². The van der Waals surface area contributed by atoms with Gasteiger partial charge >= 0.3 is 0 Å². The Morgan fingerprint density at radius 3 is 2.43 bits per heavy atom. The van der Waals surface area contributed by atoms with Crippen LogP contribution in [-0.2, 0) is 6.54 Å². The maximum Gasteiger partial charge on any atom is 0.293 e. The van der Waals surface area contributed by atoms with Crippen LogP contribution in [0.1, 0.15) is 22.3 Å². The highest BCUT2D eigenvalue weighted by Crippen LogP contribution is 2.19. The SMILES string of the molecule is COc1ccc([C@@H](O)Cn2cnc(C(=O)N3CCN(c4ccccc4)CC3)n2)cc1. The second-order valence-corrected chi connectivity index (χ2v) is 7.19. The maximum absolute atomic E-state index is 12.8. The molecule has 1 aliphatic rings. The molecule has 30 heavy (non-hydrogen) atoms. The number of benzene rings is 2. The summed E-state index contributed by atoms with van der Waals surface area (Å²) in [5.74, 6) is 0.706. The number of para-hydroxylation sites is 1. The smallest absolute Gasteiger partial charge is 0.293 e. The van der Waals surface area contributed by atoms with E-state index in [0.717, 1.165) is 24.4 Å². The van der Waals surface area contributed by atoms with Gasteiger partial charge in [-0.05, 0) is 29.8 Å². The second-order valence-electron chi connectivity index (χ2n) is 7.19. The molecule has 1 aromatic heterocycles. The number of hydrogen-bond acceptors (Lipinski definition) is 6. The summed E-state index contributed by atoms with van der Waals surface area (Å²) in [6, 6.07) is 17.4. The van der Waals surface area contributed by atoms with Crippen molar-refractivity contribution >= 4 is 11.6 Å². The zero-order valence-electron chi connectivity index (χ0n) is 16.9. The topological polar surface area (TPSA) is 83.7 Å². The van der Waals surface area contributed by atoms with Gasteiger partial charge in [0.1, 0.15) is 12.1 Å². The van der Waals surface area contributed by atoms with E-state index in [9.17, 15) is 9.90 Å². The molecule has 0 spiro atoms. The molecule has 1 aliphatic heterocycles. The lowest BCUT2D eigenvalue weighted by molar-refractivity contribution is 0.0733. The molecule has 0 radical (unpaired) electrons. The summed E-state index contributed by atoms with van der Waals surface area (Å²) < 4.78 is 6.63. The van der Waals surface area contributed by atoms with Crippen LogP contribution in [-0.4, -0.2) is 64.0 Å². The standard InChI is InChI=1S/C22H25N5O3/c1-30-19-9-7-17(8-10-19)20(28)15-27-16-23-21(24-27)22(29)26-13-11-25(12-14-26)18-5-3-2-4-6-18/h2-10,16,20,28H,11-15H2,1H3/t20-/m0/s1. The Labute approximate surface area is 175 Å². The number of amides is 1. The molecule has 8 heteroatoms. The van der Waals surface area contributed by atoms with E-state index in [2.05, 4.69) is 27.1 Å². The zero-order chi connectivity index (χ0) is 20.9. The molecule has 2 aromatic carbocycles. The Hall–Kier alpha value is -3.39. The van der Waals surface area contributed by atoms with Crippen molar-refractivity contribution in [2.75, 3.05) is 38.2 Å². The maximum atomic E-state index is 12.8. The highest BCUT2D eigenvalue weighted by molar-refractivity contribution is 5.90. The summed E-state index contributed by atoms with van der Waals surface area (Å²) in [4.78, 5) is 21.0. The minimum Gasteiger partial charge on any atom is -0.497 e. The van der Waals surface area contributed by atoms with E-state index in [0.29, 0.717) is 13.1 Å². The number of hydrogen-bond donors (Lipinski definition) is 1. The molecule has 1 atom stereocenters. The Kier molecular flexibility index (Phi) is 5.94. The molecular weight excluding hydrogens is 382 g/mol. The number of aliphatic hydroxyl groups is 1. The van der Waals surface area contributed by atoms with Gasteiger partial charge in [-0.25, -0.2) is 9.67 Å². The van der Waals surface area contributed by atoms with E-state index in [1.54, 1.807) is 36.3 Å². The lowest BCUT2D eigenvalue weighted by Gasteiger charge is -2.35. The third-order valence-corrected chi connectivity index (χ3v) is 5.28. The van der Waals surface area contributed by atoms with Gasteiger partial charge in [-0.3, -0.25) is 4.79 Å². The van der Waals surface area contributed by atoms with Gasteiger partial charge in [-0.15, -0.1) is 5.10 Å². The third-order valence-electron chi connectivity index (χ3n) is 5.28. The molecule has 8 nitrogen and oxygen atoms in total. The van der Waals surface area contributed by atoms with Crippen molar-refractivity contribution in [3.63, 3.8) is 0 Å². The Morgan fingerprint density at radius 1 is 1.07 bits per heavy atom. The van der Waals surface area contributed by atoms with Crippen molar-refractivity contribution in [3.8, 4) is 5.75 Å². The van der Waals surface area contributed by atoms with Crippen molar-refractivity contribution < 1.29 is 14.6 Å². The predicted molar refractivity (Wildman–Crippen MR) is 113 cm³/mol. The molecular formula is C22H25N5O3. The molecule has 3 aromatic rings. The van der Waals surface area contributed by atoms with Crippen LogP contribution < -0.4 is 9.64 Å². The summed E-state index contributed by atoms with van der Waals surface area (Å²) in [6.07, 6.45) is 0.732. The van der Waals surface area contributed by atoms with Crippen LogP contribution in [0, 0.1) is 0 Å². The second kappa shape index (κ2) is 8.96. The van der Waals surface area contributed by atoms with Gasteiger partial charge in [0, 0.05) is 31.9 Å². The Morgan fingerprint density at radius 2 is 1.77 bits per heavy atom. The molecule has 4 rings (SSSR count). The van der Waals surface area contributed by atoms with Crippen molar-refractivity contribution in [2.24, 2.45) is 0 Å². The molecule has 1 amide bonds. The third kappa shape index (κ3) is 4.44. The molecule has 1 saturated heterocycles. The van der Waals surface area contributed by atoms with E-state index >= 15 is 0 Å². The number of carbonyl (C=O) groups excluding carboxylic acids is 1. The number of anilines is 1. The average molecular weight is 407 g/mol. The van der Waals surface area contributed by atoms with Crippen molar-refractivity contribution in [1.29, 1.82) is 0 Å². The number of aliphatic hydroxyl groups excluding tert-OH is 1. The number of ether oxygens (including phenoxy) is 1. The fraction of sp³-hybridized carbons (Fsp3) is 0.318. The highest BCUT2D eigenvalue weighted by atomic mass is 16.5. The lowest BCUT2D eigenvalue weighted by atomic mass is 10.1. The monoisotopic (exact) mass is 407 g/mol. The van der Waals surface area contributed by atoms with Gasteiger partial charge in [0.25, 0.3) is 5.91 Å². The number of piperazine rings is 1. The predicted octanol–water partition coefficient (Wildman–Crippen LogP) is 1.98. The Bertz CT molecular complexity index is 966. The van der Waals surface area contributed by atoms with Gasteiger partial charge < -0.3 is 19.6 Å². The van der Waals surface area contributed by atoms with Crippen LogP contribution in [0.3, 0.4) is 0 Å². The van der Waals surface area contributed by atoms with Gasteiger partial charge in [-0.1, -0.05) is 30.3 Å². The molecule has 0 saturated carbocycles. The van der Waals surface area contributed by atoms with Gasteiger partial charge in [0.05, 0.1) is 19.8 Å². The van der Waals surface area contributed by atoms with E-state index in [1.165, 1.54) is 16.7 Å². The number of aromatic nitrogens is 3. The molecule has 0 unspecified atom stereocenters. The van der Waals surface area contributed by atoms with Crippen molar-refractivity contribution in [1.82, 2.24) is 19.7 Å². The minimum absolute atomic E-state index is 0.157. The first-order valence-electron chi connectivity index (χ1n) is 9.95. The normalized spacial score (nSPS) is 15.1. The first-order valence-corrected chi connectivity index (χ1v) is 9.95. The van der Waals surface area contributed by atoms with E-state index in [1.807, 2.05) is 18.2 Å². The molecule has 0 aliphatic carbocycles. The number of methoxy groups -OCH3 is 1. The zero-order valence-corrected chi connectivity index (χ0v) is 16.9. The number of rotatable bonds is 6. The fourth-order valence-electron chi connectivity index (χ4n) is 3.54. The largest absolute Gasteiger partial charge is 0.497 e. The molecule has 1 N–H and O–H groups in total. The van der Waals surface area contributed by atoms with Crippen LogP contribution in [0.5, 0.6) is 5.75 Å².